The van der Waals surface area contributed by atoms with Gasteiger partial charge in [-0.15, -0.1) is 0 Å². The van der Waals surface area contributed by atoms with Crippen molar-refractivity contribution in [3.05, 3.63) is 64.1 Å². The van der Waals surface area contributed by atoms with Gasteiger partial charge in [0.05, 0.1) is 6.04 Å². The number of nitrogens with one attached hydrogen (secondary N) is 1. The summed E-state index contributed by atoms with van der Waals surface area (Å²) in [5.74, 6) is 1.45. The van der Waals surface area contributed by atoms with E-state index in [4.69, 9.17) is 15.2 Å². The normalized spacial score (nSPS) is 24.7. The third kappa shape index (κ3) is 6.52. The van der Waals surface area contributed by atoms with Gasteiger partial charge in [-0.3, -0.25) is 4.90 Å². The molecule has 4 unspecified atom stereocenters. The predicted octanol–water partition coefficient (Wildman–Crippen LogP) is 5.06. The van der Waals surface area contributed by atoms with Crippen molar-refractivity contribution < 1.29 is 14.3 Å². The molecule has 1 saturated carbocycles. The first-order valence-corrected chi connectivity index (χ1v) is 12.9. The molecule has 0 aromatic heterocycles. The molecule has 1 saturated heterocycles. The molecule has 2 aromatic rings. The van der Waals surface area contributed by atoms with Gasteiger partial charge in [-0.1, -0.05) is 61.0 Å². The Labute approximate surface area is 211 Å². The van der Waals surface area contributed by atoms with Crippen molar-refractivity contribution in [1.82, 2.24) is 10.2 Å². The van der Waals surface area contributed by atoms with Crippen LogP contribution in [0.1, 0.15) is 50.7 Å². The zero-order valence-corrected chi connectivity index (χ0v) is 21.9. The first kappa shape index (κ1) is 25.0. The Bertz CT molecular complexity index is 959. The summed E-state index contributed by atoms with van der Waals surface area (Å²) >= 11 is 3.46. The van der Waals surface area contributed by atoms with Gasteiger partial charge >= 0.3 is 6.09 Å². The second-order valence-corrected chi connectivity index (χ2v) is 11.4. The van der Waals surface area contributed by atoms with Gasteiger partial charge in [0.2, 0.25) is 0 Å². The fourth-order valence-electron chi connectivity index (χ4n) is 5.20. The lowest BCUT2D eigenvalue weighted by atomic mass is 9.83. The highest BCUT2D eigenvalue weighted by Gasteiger charge is 2.44. The maximum Gasteiger partial charge on any atom is 0.404 e. The summed E-state index contributed by atoms with van der Waals surface area (Å²) in [5, 5.41) is 3.72. The van der Waals surface area contributed by atoms with Crippen LogP contribution in [0, 0.1) is 5.41 Å². The van der Waals surface area contributed by atoms with Crippen LogP contribution in [0.5, 0.6) is 5.75 Å². The van der Waals surface area contributed by atoms with Crippen LogP contribution in [-0.4, -0.2) is 48.8 Å². The Kier molecular flexibility index (Phi) is 7.85. The fraction of sp³-hybridized carbons (Fsp3) is 0.519. The van der Waals surface area contributed by atoms with Crippen LogP contribution in [0.25, 0.3) is 0 Å². The minimum absolute atomic E-state index is 0.0138. The SMILES string of the molecule is CC(C)(C)C1C(OC(N)=O)CCN1CCNC1CC1c1ccc(OCc2ccc(Br)cc2)cc1. The van der Waals surface area contributed by atoms with E-state index in [0.717, 1.165) is 48.3 Å². The molecule has 6 nitrogen and oxygen atoms in total. The van der Waals surface area contributed by atoms with Crippen molar-refractivity contribution in [3.8, 4) is 5.75 Å². The zero-order valence-electron chi connectivity index (χ0n) is 20.3. The molecule has 4 rings (SSSR count). The Hall–Kier alpha value is -2.09. The topological polar surface area (TPSA) is 76.8 Å². The summed E-state index contributed by atoms with van der Waals surface area (Å²) in [6.07, 6.45) is 1.20. The first-order chi connectivity index (χ1) is 16.2. The Balaban J connectivity index is 1.21. The summed E-state index contributed by atoms with van der Waals surface area (Å²) in [7, 11) is 0. The van der Waals surface area contributed by atoms with Gasteiger partial charge in [0, 0.05) is 36.1 Å². The molecule has 1 aliphatic carbocycles. The number of likely N-dealkylation sites (tertiary alicyclic amines) is 1. The molecule has 7 heteroatoms. The minimum atomic E-state index is -0.676. The van der Waals surface area contributed by atoms with Crippen LogP contribution in [0.4, 0.5) is 4.79 Å². The molecular formula is C27H36BrN3O3. The van der Waals surface area contributed by atoms with Crippen molar-refractivity contribution >= 4 is 22.0 Å². The number of rotatable bonds is 9. The molecule has 184 valence electrons. The van der Waals surface area contributed by atoms with Gasteiger partial charge < -0.3 is 20.5 Å². The van der Waals surface area contributed by atoms with E-state index >= 15 is 0 Å². The first-order valence-electron chi connectivity index (χ1n) is 12.1. The van der Waals surface area contributed by atoms with E-state index in [1.807, 2.05) is 12.1 Å². The quantitative estimate of drug-likeness (QED) is 0.474. The third-order valence-corrected chi connectivity index (χ3v) is 7.35. The van der Waals surface area contributed by atoms with Gasteiger partial charge in [-0.2, -0.15) is 0 Å². The molecule has 3 N–H and O–H groups in total. The monoisotopic (exact) mass is 529 g/mol. The van der Waals surface area contributed by atoms with Gasteiger partial charge in [-0.05, 0) is 53.6 Å². The number of carbonyl (C=O) groups excluding carboxylic acids is 1. The number of hydrogen-bond acceptors (Lipinski definition) is 5. The zero-order chi connectivity index (χ0) is 24.3. The maximum atomic E-state index is 11.3. The molecular weight excluding hydrogens is 494 g/mol. The number of nitrogens with two attached hydrogens (primary N) is 1. The summed E-state index contributed by atoms with van der Waals surface area (Å²) in [5.41, 5.74) is 7.82. The van der Waals surface area contributed by atoms with E-state index in [1.165, 1.54) is 5.56 Å². The molecule has 2 fully saturated rings. The van der Waals surface area contributed by atoms with Gasteiger partial charge in [0.1, 0.15) is 18.5 Å². The van der Waals surface area contributed by atoms with E-state index in [9.17, 15) is 4.79 Å². The van der Waals surface area contributed by atoms with Gasteiger partial charge in [0.15, 0.2) is 0 Å². The molecule has 2 aliphatic rings. The van der Waals surface area contributed by atoms with E-state index in [0.29, 0.717) is 18.6 Å². The van der Waals surface area contributed by atoms with Gasteiger partial charge in [-0.25, -0.2) is 4.79 Å². The molecule has 0 spiro atoms. The number of hydrogen-bond donors (Lipinski definition) is 2. The summed E-state index contributed by atoms with van der Waals surface area (Å²) in [4.78, 5) is 13.8. The maximum absolute atomic E-state index is 11.3. The smallest absolute Gasteiger partial charge is 0.404 e. The lowest BCUT2D eigenvalue weighted by Crippen LogP contribution is -2.48. The number of nitrogens with zero attached hydrogens (tertiary/aromatic N) is 1. The van der Waals surface area contributed by atoms with Crippen LogP contribution >= 0.6 is 15.9 Å². The van der Waals surface area contributed by atoms with E-state index in [1.54, 1.807) is 0 Å². The summed E-state index contributed by atoms with van der Waals surface area (Å²) in [6.45, 7) is 9.95. The lowest BCUT2D eigenvalue weighted by molar-refractivity contribution is 0.0312. The molecule has 4 atom stereocenters. The Morgan fingerprint density at radius 1 is 1.15 bits per heavy atom. The van der Waals surface area contributed by atoms with Gasteiger partial charge in [0.25, 0.3) is 0 Å². The number of halogens is 1. The van der Waals surface area contributed by atoms with E-state index < -0.39 is 6.09 Å². The van der Waals surface area contributed by atoms with Crippen molar-refractivity contribution in [2.24, 2.45) is 11.1 Å². The molecule has 1 aliphatic heterocycles. The Morgan fingerprint density at radius 2 is 1.85 bits per heavy atom. The number of amides is 1. The Morgan fingerprint density at radius 3 is 2.50 bits per heavy atom. The van der Waals surface area contributed by atoms with Crippen molar-refractivity contribution in [3.63, 3.8) is 0 Å². The summed E-state index contributed by atoms with van der Waals surface area (Å²) < 4.78 is 12.4. The van der Waals surface area contributed by atoms with Crippen LogP contribution in [-0.2, 0) is 11.3 Å². The average molecular weight is 531 g/mol. The number of ether oxygens (including phenoxy) is 2. The van der Waals surface area contributed by atoms with Crippen LogP contribution < -0.4 is 15.8 Å². The standard InChI is InChI=1S/C27H36BrN3O3/c1-27(2,3)25-24(34-26(29)32)12-14-31(25)15-13-30-23-16-22(23)19-6-10-21(11-7-19)33-17-18-4-8-20(28)9-5-18/h4-11,22-25,30H,12-17H2,1-3H3,(H2,29,32). The second kappa shape index (κ2) is 10.7. The van der Waals surface area contributed by atoms with Crippen LogP contribution in [0.2, 0.25) is 0 Å². The predicted molar refractivity (Wildman–Crippen MR) is 138 cm³/mol. The number of primary amides is 1. The van der Waals surface area contributed by atoms with E-state index in [2.05, 4.69) is 83.3 Å². The minimum Gasteiger partial charge on any atom is -0.489 e. The average Bonchev–Trinajstić information content (AvgIpc) is 3.44. The molecule has 0 radical (unpaired) electrons. The van der Waals surface area contributed by atoms with E-state index in [-0.39, 0.29) is 17.6 Å². The molecule has 1 amide bonds. The largest absolute Gasteiger partial charge is 0.489 e. The van der Waals surface area contributed by atoms with Crippen LogP contribution in [0.15, 0.2) is 53.0 Å². The second-order valence-electron chi connectivity index (χ2n) is 10.5. The highest BCUT2D eigenvalue weighted by atomic mass is 79.9. The number of benzene rings is 2. The highest BCUT2D eigenvalue weighted by Crippen LogP contribution is 2.41. The molecule has 1 heterocycles. The van der Waals surface area contributed by atoms with Crippen molar-refractivity contribution in [1.29, 1.82) is 0 Å². The molecule has 2 aromatic carbocycles. The molecule has 34 heavy (non-hydrogen) atoms. The highest BCUT2D eigenvalue weighted by molar-refractivity contribution is 9.10. The molecule has 0 bridgehead atoms. The lowest BCUT2D eigenvalue weighted by Gasteiger charge is -2.37. The summed E-state index contributed by atoms with van der Waals surface area (Å²) in [6, 6.07) is 17.4. The van der Waals surface area contributed by atoms with Crippen molar-refractivity contribution in [2.75, 3.05) is 19.6 Å². The fourth-order valence-corrected chi connectivity index (χ4v) is 5.46. The van der Waals surface area contributed by atoms with Crippen LogP contribution in [0.3, 0.4) is 0 Å². The number of carbonyl (C=O) groups is 1. The third-order valence-electron chi connectivity index (χ3n) is 6.82. The van der Waals surface area contributed by atoms with Crippen molar-refractivity contribution in [2.45, 2.75) is 64.3 Å².